The van der Waals surface area contributed by atoms with E-state index in [1.54, 1.807) is 7.11 Å². The van der Waals surface area contributed by atoms with E-state index in [-0.39, 0.29) is 0 Å². The van der Waals surface area contributed by atoms with E-state index in [2.05, 4.69) is 6.58 Å². The van der Waals surface area contributed by atoms with Gasteiger partial charge in [0.25, 0.3) is 0 Å². The molecule has 0 fully saturated rings. The van der Waals surface area contributed by atoms with Gasteiger partial charge in [0.05, 0.1) is 7.11 Å². The van der Waals surface area contributed by atoms with Gasteiger partial charge in [0.2, 0.25) is 0 Å². The average Bonchev–Trinajstić information content (AvgIpc) is 2.20. The maximum absolute atomic E-state index is 5.15. The number of benzene rings is 1. The monoisotopic (exact) mass is 178 g/mol. The molecule has 0 unspecified atom stereocenters. The third-order valence-corrected chi connectivity index (χ3v) is 1.71. The maximum Gasteiger partial charge on any atom is 0.126 e. The van der Waals surface area contributed by atoms with E-state index in [1.165, 1.54) is 5.56 Å². The molecule has 0 aliphatic carbocycles. The molecule has 1 aromatic carbocycles. The molecule has 0 heterocycles. The lowest BCUT2D eigenvalue weighted by Crippen LogP contribution is -1.88. The van der Waals surface area contributed by atoms with E-state index in [1.807, 2.05) is 45.0 Å². The number of hydrogen-bond donors (Lipinski definition) is 0. The quantitative estimate of drug-likeness (QED) is 0.671. The molecular formula is C12H18O. The van der Waals surface area contributed by atoms with Crippen molar-refractivity contribution in [3.8, 4) is 5.75 Å². The highest BCUT2D eigenvalue weighted by molar-refractivity contribution is 5.59. The van der Waals surface area contributed by atoms with Crippen molar-refractivity contribution in [3.05, 3.63) is 35.9 Å². The summed E-state index contributed by atoms with van der Waals surface area (Å²) in [5.41, 5.74) is 2.27. The Kier molecular flexibility index (Phi) is 5.69. The highest BCUT2D eigenvalue weighted by Gasteiger charge is 1.99. The van der Waals surface area contributed by atoms with Gasteiger partial charge in [-0.25, -0.2) is 0 Å². The van der Waals surface area contributed by atoms with Crippen LogP contribution in [0.5, 0.6) is 5.75 Å². The molecule has 0 atom stereocenters. The summed E-state index contributed by atoms with van der Waals surface area (Å²) in [6, 6.07) is 5.95. The molecule has 0 spiro atoms. The first-order valence-corrected chi connectivity index (χ1v) is 4.55. The SMILES string of the molecule is C=Cc1c(C)cccc1OC.CC. The molecule has 1 rings (SSSR count). The Labute approximate surface area is 81.1 Å². The number of hydrogen-bond acceptors (Lipinski definition) is 1. The van der Waals surface area contributed by atoms with Gasteiger partial charge in [-0.2, -0.15) is 0 Å². The average molecular weight is 178 g/mol. The number of methoxy groups -OCH3 is 1. The number of aryl methyl sites for hydroxylation is 1. The molecule has 0 bridgehead atoms. The van der Waals surface area contributed by atoms with Crippen LogP contribution in [0.1, 0.15) is 25.0 Å². The van der Waals surface area contributed by atoms with Crippen molar-refractivity contribution in [1.29, 1.82) is 0 Å². The van der Waals surface area contributed by atoms with Crippen LogP contribution in [0.4, 0.5) is 0 Å². The predicted molar refractivity (Wildman–Crippen MR) is 59.2 cm³/mol. The van der Waals surface area contributed by atoms with Gasteiger partial charge in [-0.1, -0.05) is 38.6 Å². The van der Waals surface area contributed by atoms with Crippen LogP contribution >= 0.6 is 0 Å². The molecule has 0 saturated carbocycles. The van der Waals surface area contributed by atoms with Crippen LogP contribution in [0.3, 0.4) is 0 Å². The summed E-state index contributed by atoms with van der Waals surface area (Å²) >= 11 is 0. The Hall–Kier alpha value is -1.24. The minimum Gasteiger partial charge on any atom is -0.496 e. The fourth-order valence-electron chi connectivity index (χ4n) is 1.09. The van der Waals surface area contributed by atoms with E-state index in [0.717, 1.165) is 11.3 Å². The standard InChI is InChI=1S/C10H12O.C2H6/c1-4-9-8(2)6-5-7-10(9)11-3;1-2/h4-7H,1H2,2-3H3;1-2H3. The first-order valence-electron chi connectivity index (χ1n) is 4.55. The van der Waals surface area contributed by atoms with Crippen molar-refractivity contribution in [3.63, 3.8) is 0 Å². The van der Waals surface area contributed by atoms with E-state index in [4.69, 9.17) is 4.74 Å². The predicted octanol–water partition coefficient (Wildman–Crippen LogP) is 3.67. The molecule has 0 aliphatic heterocycles. The zero-order chi connectivity index (χ0) is 10.3. The van der Waals surface area contributed by atoms with E-state index >= 15 is 0 Å². The second kappa shape index (κ2) is 6.30. The molecule has 1 heteroatoms. The largest absolute Gasteiger partial charge is 0.496 e. The third kappa shape index (κ3) is 2.94. The summed E-state index contributed by atoms with van der Waals surface area (Å²) < 4.78 is 5.15. The van der Waals surface area contributed by atoms with Crippen LogP contribution in [-0.2, 0) is 0 Å². The second-order valence-corrected chi connectivity index (χ2v) is 2.39. The molecule has 1 nitrogen and oxygen atoms in total. The topological polar surface area (TPSA) is 9.23 Å². The zero-order valence-electron chi connectivity index (χ0n) is 8.92. The Morgan fingerprint density at radius 2 is 1.92 bits per heavy atom. The Morgan fingerprint density at radius 1 is 1.31 bits per heavy atom. The summed E-state index contributed by atoms with van der Waals surface area (Å²) in [4.78, 5) is 0. The maximum atomic E-state index is 5.15. The fraction of sp³-hybridized carbons (Fsp3) is 0.333. The van der Waals surface area contributed by atoms with Crippen molar-refractivity contribution in [2.24, 2.45) is 0 Å². The number of rotatable bonds is 2. The molecule has 0 radical (unpaired) electrons. The van der Waals surface area contributed by atoms with Gasteiger partial charge in [0, 0.05) is 5.56 Å². The van der Waals surface area contributed by atoms with Crippen molar-refractivity contribution in [2.45, 2.75) is 20.8 Å². The van der Waals surface area contributed by atoms with Crippen molar-refractivity contribution < 1.29 is 4.74 Å². The van der Waals surface area contributed by atoms with E-state index < -0.39 is 0 Å². The van der Waals surface area contributed by atoms with Crippen LogP contribution in [0.2, 0.25) is 0 Å². The Morgan fingerprint density at radius 3 is 2.31 bits per heavy atom. The highest BCUT2D eigenvalue weighted by Crippen LogP contribution is 2.21. The minimum absolute atomic E-state index is 0.889. The van der Waals surface area contributed by atoms with Gasteiger partial charge < -0.3 is 4.74 Å². The lowest BCUT2D eigenvalue weighted by molar-refractivity contribution is 0.413. The van der Waals surface area contributed by atoms with Gasteiger partial charge in [-0.3, -0.25) is 0 Å². The van der Waals surface area contributed by atoms with Crippen LogP contribution < -0.4 is 4.74 Å². The molecule has 72 valence electrons. The molecule has 0 saturated heterocycles. The first kappa shape index (κ1) is 11.8. The smallest absolute Gasteiger partial charge is 0.126 e. The van der Waals surface area contributed by atoms with Gasteiger partial charge in [0.15, 0.2) is 0 Å². The van der Waals surface area contributed by atoms with E-state index in [0.29, 0.717) is 0 Å². The molecule has 13 heavy (non-hydrogen) atoms. The Balaban J connectivity index is 0.000000671. The van der Waals surface area contributed by atoms with Gasteiger partial charge in [-0.05, 0) is 18.6 Å². The summed E-state index contributed by atoms with van der Waals surface area (Å²) in [6.07, 6.45) is 1.81. The fourth-order valence-corrected chi connectivity index (χ4v) is 1.09. The molecule has 0 aromatic heterocycles. The molecule has 1 aromatic rings. The second-order valence-electron chi connectivity index (χ2n) is 2.39. The van der Waals surface area contributed by atoms with Crippen LogP contribution in [0, 0.1) is 6.92 Å². The lowest BCUT2D eigenvalue weighted by Gasteiger charge is -2.06. The van der Waals surface area contributed by atoms with Gasteiger partial charge >= 0.3 is 0 Å². The minimum atomic E-state index is 0.889. The molecule has 0 amide bonds. The van der Waals surface area contributed by atoms with Crippen LogP contribution in [-0.4, -0.2) is 7.11 Å². The van der Waals surface area contributed by atoms with Crippen molar-refractivity contribution in [1.82, 2.24) is 0 Å². The summed E-state index contributed by atoms with van der Waals surface area (Å²) in [6.45, 7) is 9.76. The summed E-state index contributed by atoms with van der Waals surface area (Å²) in [7, 11) is 1.67. The Bertz CT molecular complexity index is 264. The molecule has 0 N–H and O–H groups in total. The molecular weight excluding hydrogens is 160 g/mol. The number of ether oxygens (including phenoxy) is 1. The normalized spacial score (nSPS) is 8.31. The summed E-state index contributed by atoms with van der Waals surface area (Å²) in [5, 5.41) is 0. The zero-order valence-corrected chi connectivity index (χ0v) is 8.92. The van der Waals surface area contributed by atoms with Crippen LogP contribution in [0.15, 0.2) is 24.8 Å². The van der Waals surface area contributed by atoms with Gasteiger partial charge in [-0.15, -0.1) is 0 Å². The first-order chi connectivity index (χ1) is 6.29. The lowest BCUT2D eigenvalue weighted by atomic mass is 10.1. The highest BCUT2D eigenvalue weighted by atomic mass is 16.5. The van der Waals surface area contributed by atoms with Crippen LogP contribution in [0.25, 0.3) is 6.08 Å². The van der Waals surface area contributed by atoms with Gasteiger partial charge in [0.1, 0.15) is 5.75 Å². The van der Waals surface area contributed by atoms with Crippen molar-refractivity contribution >= 4 is 6.08 Å². The molecule has 0 aliphatic rings. The third-order valence-electron chi connectivity index (χ3n) is 1.71. The summed E-state index contributed by atoms with van der Waals surface area (Å²) in [5.74, 6) is 0.889. The van der Waals surface area contributed by atoms with E-state index in [9.17, 15) is 0 Å². The van der Waals surface area contributed by atoms with Crippen molar-refractivity contribution in [2.75, 3.05) is 7.11 Å².